The summed E-state index contributed by atoms with van der Waals surface area (Å²) in [7, 11) is 1.44. The molecule has 1 fully saturated rings. The van der Waals surface area contributed by atoms with Crippen molar-refractivity contribution in [3.8, 4) is 11.5 Å². The lowest BCUT2D eigenvalue weighted by molar-refractivity contribution is -0.122. The van der Waals surface area contributed by atoms with E-state index in [1.807, 2.05) is 0 Å². The third-order valence-corrected chi connectivity index (χ3v) is 5.78. The SMILES string of the molecule is COc1cc(/C=C2\C(=O)NC(=O)N(c3ccc(Br)cc3)C2=O)ccc1OCc1cccc(C(=O)O)c1. The quantitative estimate of drug-likeness (QED) is 0.330. The molecule has 0 aromatic heterocycles. The van der Waals surface area contributed by atoms with Gasteiger partial charge in [-0.1, -0.05) is 34.1 Å². The smallest absolute Gasteiger partial charge is 0.335 e. The molecule has 0 saturated carbocycles. The van der Waals surface area contributed by atoms with E-state index in [1.54, 1.807) is 54.6 Å². The Morgan fingerprint density at radius 1 is 1.03 bits per heavy atom. The van der Waals surface area contributed by atoms with Gasteiger partial charge in [0.15, 0.2) is 11.5 Å². The van der Waals surface area contributed by atoms with Gasteiger partial charge in [0.1, 0.15) is 12.2 Å². The number of benzene rings is 3. The standard InChI is InChI=1S/C26H19BrN2O7/c1-35-22-13-15(5-10-21(22)36-14-16-3-2-4-17(11-16)25(32)33)12-20-23(30)28-26(34)29(24(20)31)19-8-6-18(27)7-9-19/h2-13H,14H2,1H3,(H,32,33)(H,28,30,34)/b20-12+. The average Bonchev–Trinajstić information content (AvgIpc) is 2.86. The summed E-state index contributed by atoms with van der Waals surface area (Å²) < 4.78 is 12.0. The molecule has 4 amide bonds. The van der Waals surface area contributed by atoms with E-state index in [-0.39, 0.29) is 17.7 Å². The Bertz CT molecular complexity index is 1400. The molecule has 0 bridgehead atoms. The highest BCUT2D eigenvalue weighted by molar-refractivity contribution is 9.10. The number of amides is 4. The van der Waals surface area contributed by atoms with Crippen LogP contribution >= 0.6 is 15.9 Å². The van der Waals surface area contributed by atoms with Crippen LogP contribution in [0, 0.1) is 0 Å². The Hall–Kier alpha value is -4.44. The number of hydrogen-bond acceptors (Lipinski definition) is 6. The largest absolute Gasteiger partial charge is 0.493 e. The van der Waals surface area contributed by atoms with E-state index in [4.69, 9.17) is 14.6 Å². The van der Waals surface area contributed by atoms with Crippen molar-refractivity contribution in [1.29, 1.82) is 0 Å². The van der Waals surface area contributed by atoms with Gasteiger partial charge in [0.2, 0.25) is 0 Å². The molecule has 36 heavy (non-hydrogen) atoms. The van der Waals surface area contributed by atoms with E-state index in [9.17, 15) is 19.2 Å². The second-order valence-corrected chi connectivity index (χ2v) is 8.55. The molecule has 3 aromatic rings. The number of halogens is 1. The lowest BCUT2D eigenvalue weighted by Crippen LogP contribution is -2.54. The van der Waals surface area contributed by atoms with E-state index < -0.39 is 23.8 Å². The first-order chi connectivity index (χ1) is 17.3. The van der Waals surface area contributed by atoms with Gasteiger partial charge >= 0.3 is 12.0 Å². The highest BCUT2D eigenvalue weighted by Gasteiger charge is 2.36. The Balaban J connectivity index is 1.57. The number of aromatic carboxylic acids is 1. The number of carboxylic acids is 1. The fourth-order valence-corrected chi connectivity index (χ4v) is 3.76. The molecular formula is C26H19BrN2O7. The molecule has 1 aliphatic rings. The summed E-state index contributed by atoms with van der Waals surface area (Å²) in [5, 5.41) is 11.3. The van der Waals surface area contributed by atoms with Crippen molar-refractivity contribution in [3.63, 3.8) is 0 Å². The summed E-state index contributed by atoms with van der Waals surface area (Å²) in [6, 6.07) is 16.9. The monoisotopic (exact) mass is 550 g/mol. The highest BCUT2D eigenvalue weighted by atomic mass is 79.9. The third-order valence-electron chi connectivity index (χ3n) is 5.25. The summed E-state index contributed by atoms with van der Waals surface area (Å²) in [5.41, 5.74) is 1.36. The molecule has 1 aliphatic heterocycles. The highest BCUT2D eigenvalue weighted by Crippen LogP contribution is 2.31. The molecule has 10 heteroatoms. The number of nitrogens with zero attached hydrogens (tertiary/aromatic N) is 1. The predicted molar refractivity (Wildman–Crippen MR) is 134 cm³/mol. The number of anilines is 1. The van der Waals surface area contributed by atoms with Crippen LogP contribution in [-0.2, 0) is 16.2 Å². The second-order valence-electron chi connectivity index (χ2n) is 7.64. The lowest BCUT2D eigenvalue weighted by atomic mass is 10.1. The van der Waals surface area contributed by atoms with Gasteiger partial charge < -0.3 is 14.6 Å². The van der Waals surface area contributed by atoms with Gasteiger partial charge in [-0.25, -0.2) is 14.5 Å². The molecule has 2 N–H and O–H groups in total. The number of rotatable bonds is 7. The first kappa shape index (κ1) is 24.7. The van der Waals surface area contributed by atoms with Gasteiger partial charge in [0.25, 0.3) is 11.8 Å². The molecule has 4 rings (SSSR count). The second kappa shape index (κ2) is 10.4. The van der Waals surface area contributed by atoms with E-state index in [1.165, 1.54) is 25.3 Å². The van der Waals surface area contributed by atoms with Crippen molar-refractivity contribution in [3.05, 3.63) is 93.5 Å². The van der Waals surface area contributed by atoms with Crippen LogP contribution in [0.1, 0.15) is 21.5 Å². The van der Waals surface area contributed by atoms with Crippen molar-refractivity contribution in [2.45, 2.75) is 6.61 Å². The van der Waals surface area contributed by atoms with Crippen molar-refractivity contribution in [2.24, 2.45) is 0 Å². The predicted octanol–water partition coefficient (Wildman–Crippen LogP) is 4.40. The number of methoxy groups -OCH3 is 1. The minimum absolute atomic E-state index is 0.100. The first-order valence-electron chi connectivity index (χ1n) is 10.6. The van der Waals surface area contributed by atoms with Gasteiger partial charge in [0.05, 0.1) is 18.4 Å². The Labute approximate surface area is 214 Å². The lowest BCUT2D eigenvalue weighted by Gasteiger charge is -2.26. The summed E-state index contributed by atoms with van der Waals surface area (Å²) in [6.07, 6.45) is 1.36. The Morgan fingerprint density at radius 2 is 1.78 bits per heavy atom. The summed E-state index contributed by atoms with van der Waals surface area (Å²) in [4.78, 5) is 49.9. The van der Waals surface area contributed by atoms with Crippen LogP contribution in [0.3, 0.4) is 0 Å². The van der Waals surface area contributed by atoms with Crippen LogP contribution in [0.5, 0.6) is 11.5 Å². The van der Waals surface area contributed by atoms with E-state index in [2.05, 4.69) is 21.2 Å². The maximum Gasteiger partial charge on any atom is 0.335 e. The zero-order valence-electron chi connectivity index (χ0n) is 18.9. The van der Waals surface area contributed by atoms with E-state index >= 15 is 0 Å². The van der Waals surface area contributed by atoms with Gasteiger partial charge in [-0.3, -0.25) is 14.9 Å². The average molecular weight is 551 g/mol. The third kappa shape index (κ3) is 5.28. The van der Waals surface area contributed by atoms with Gasteiger partial charge in [-0.05, 0) is 65.7 Å². The number of hydrogen-bond donors (Lipinski definition) is 2. The number of carbonyl (C=O) groups is 4. The number of barbiturate groups is 1. The molecule has 0 unspecified atom stereocenters. The van der Waals surface area contributed by atoms with Crippen molar-refractivity contribution >= 4 is 51.5 Å². The maximum atomic E-state index is 13.1. The molecule has 9 nitrogen and oxygen atoms in total. The van der Waals surface area contributed by atoms with Gasteiger partial charge in [-0.15, -0.1) is 0 Å². The van der Waals surface area contributed by atoms with Crippen LogP contribution in [0.2, 0.25) is 0 Å². The first-order valence-corrected chi connectivity index (χ1v) is 11.4. The van der Waals surface area contributed by atoms with Gasteiger partial charge in [0, 0.05) is 4.47 Å². The summed E-state index contributed by atoms with van der Waals surface area (Å²) in [5.74, 6) is -1.89. The number of ether oxygens (including phenoxy) is 2. The molecule has 3 aromatic carbocycles. The van der Waals surface area contributed by atoms with Crippen LogP contribution in [0.25, 0.3) is 6.08 Å². The zero-order chi connectivity index (χ0) is 25.8. The zero-order valence-corrected chi connectivity index (χ0v) is 20.4. The van der Waals surface area contributed by atoms with Crippen molar-refractivity contribution in [2.75, 3.05) is 12.0 Å². The van der Waals surface area contributed by atoms with Crippen LogP contribution in [-0.4, -0.2) is 36.0 Å². The number of urea groups is 1. The van der Waals surface area contributed by atoms with Crippen LogP contribution in [0.4, 0.5) is 10.5 Å². The molecule has 0 atom stereocenters. The molecule has 1 heterocycles. The molecular weight excluding hydrogens is 532 g/mol. The maximum absolute atomic E-state index is 13.1. The Kier molecular flexibility index (Phi) is 7.16. The molecule has 0 radical (unpaired) electrons. The molecule has 0 spiro atoms. The summed E-state index contributed by atoms with van der Waals surface area (Å²) >= 11 is 3.30. The fourth-order valence-electron chi connectivity index (χ4n) is 3.50. The van der Waals surface area contributed by atoms with Crippen LogP contribution in [0.15, 0.2) is 76.8 Å². The minimum atomic E-state index is -1.03. The fraction of sp³-hybridized carbons (Fsp3) is 0.0769. The van der Waals surface area contributed by atoms with E-state index in [0.29, 0.717) is 28.3 Å². The molecule has 182 valence electrons. The minimum Gasteiger partial charge on any atom is -0.493 e. The number of carboxylic acid groups (broad SMARTS) is 1. The van der Waals surface area contributed by atoms with Crippen LogP contribution < -0.4 is 19.7 Å². The summed E-state index contributed by atoms with van der Waals surface area (Å²) in [6.45, 7) is 0.100. The topological polar surface area (TPSA) is 122 Å². The van der Waals surface area contributed by atoms with Crippen molar-refractivity contribution < 1.29 is 33.8 Å². The Morgan fingerprint density at radius 3 is 2.47 bits per heavy atom. The number of nitrogens with one attached hydrogen (secondary N) is 1. The molecule has 1 saturated heterocycles. The number of carbonyl (C=O) groups excluding carboxylic acids is 3. The van der Waals surface area contributed by atoms with E-state index in [0.717, 1.165) is 9.37 Å². The molecule has 0 aliphatic carbocycles. The van der Waals surface area contributed by atoms with Gasteiger partial charge in [-0.2, -0.15) is 0 Å². The normalized spacial score (nSPS) is 14.6. The van der Waals surface area contributed by atoms with Crippen molar-refractivity contribution in [1.82, 2.24) is 5.32 Å². The number of imide groups is 2.